The number of carboxylic acid groups (broad SMARTS) is 1. The Bertz CT molecular complexity index is 2130. The van der Waals surface area contributed by atoms with Crippen LogP contribution in [0.15, 0.2) is 64.6 Å². The van der Waals surface area contributed by atoms with Crippen molar-refractivity contribution in [1.29, 1.82) is 0 Å². The number of nitrogens with zero attached hydrogens (tertiary/aromatic N) is 2. The topological polar surface area (TPSA) is 354 Å². The molecular weight excluding hydrogens is 929 g/mol. The third-order valence-corrected chi connectivity index (χ3v) is 14.4. The molecule has 20 nitrogen and oxygen atoms in total. The van der Waals surface area contributed by atoms with Crippen molar-refractivity contribution < 1.29 is 48.6 Å². The largest absolute Gasteiger partial charge is 0.508 e. The number of amides is 4. The Labute approximate surface area is 410 Å². The fraction of sp³-hybridized carbons (Fsp3) is 0.532. The van der Waals surface area contributed by atoms with Crippen LogP contribution in [0.5, 0.6) is 5.75 Å². The van der Waals surface area contributed by atoms with Crippen molar-refractivity contribution in [2.24, 2.45) is 44.8 Å². The highest BCUT2D eigenvalue weighted by Gasteiger charge is 2.34. The van der Waals surface area contributed by atoms with Gasteiger partial charge in [0, 0.05) is 55.8 Å². The highest BCUT2D eigenvalue weighted by molar-refractivity contribution is 8.77. The van der Waals surface area contributed by atoms with Crippen LogP contribution in [0.4, 0.5) is 0 Å². The van der Waals surface area contributed by atoms with Gasteiger partial charge in [-0.1, -0.05) is 64.1 Å². The summed E-state index contributed by atoms with van der Waals surface area (Å²) in [5.41, 5.74) is 24.1. The Morgan fingerprint density at radius 3 is 2.19 bits per heavy atom. The minimum absolute atomic E-state index is 0.0347. The van der Waals surface area contributed by atoms with Gasteiger partial charge in [0.15, 0.2) is 23.3 Å². The summed E-state index contributed by atoms with van der Waals surface area (Å²) in [5.74, 6) is -7.29. The SMILES string of the molecule is CC(N)=NCCCC(CC(=O)C(CCCN=C(N)N)NC(=O)C1CSSC(C)(C)CNC(=O)CC(NC(=O)C(N)Cc2ccc(O)cc2)C(=O)CCC(=O)NC(Cc2ccccc2)C(=O)C1)C(=O)O. The fourth-order valence-corrected chi connectivity index (χ4v) is 9.94. The van der Waals surface area contributed by atoms with Gasteiger partial charge in [-0.3, -0.25) is 48.3 Å². The van der Waals surface area contributed by atoms with Crippen molar-refractivity contribution in [3.8, 4) is 5.75 Å². The lowest BCUT2D eigenvalue weighted by Gasteiger charge is -2.27. The number of phenols is 1. The summed E-state index contributed by atoms with van der Waals surface area (Å²) in [6, 6.07) is 10.2. The number of benzene rings is 2. The maximum absolute atomic E-state index is 14.4. The third-order valence-electron chi connectivity index (χ3n) is 11.0. The number of amidine groups is 1. The number of Topliss-reactive ketones (excluding diaryl/α,β-unsaturated/α-hetero) is 3. The standard InChI is InChI=1S/C47H68N10O10S2/c1-28(48)52-19-7-11-31(45(66)67)23-39(60)35(12-8-20-53-46(50)51)56-43(64)32-24-40(61)36(22-29-9-5-4-6-10-29)55-41(62)18-17-38(59)37(25-42(63)54-27-47(2,3)69-68-26-32)57-44(65)34(49)21-30-13-15-33(58)16-14-30/h4-6,9-10,13-16,31-32,34-37,58H,7-8,11-12,17-27,49H2,1-3H3,(H2,48,52)(H,54,63)(H,55,62)(H,56,64)(H,57,65)(H,66,67)(H4,50,51,53). The van der Waals surface area contributed by atoms with E-state index in [1.165, 1.54) is 33.7 Å². The Morgan fingerprint density at radius 2 is 1.54 bits per heavy atom. The molecule has 22 heteroatoms. The Hall–Kier alpha value is -6.00. The first-order valence-corrected chi connectivity index (χ1v) is 25.1. The number of hydrogen-bond acceptors (Lipinski definition) is 14. The van der Waals surface area contributed by atoms with Crippen molar-refractivity contribution in [3.63, 3.8) is 0 Å². The van der Waals surface area contributed by atoms with E-state index in [0.717, 1.165) is 0 Å². The minimum Gasteiger partial charge on any atom is -0.508 e. The zero-order valence-corrected chi connectivity index (χ0v) is 41.1. The quantitative estimate of drug-likeness (QED) is 0.0388. The van der Waals surface area contributed by atoms with Crippen molar-refractivity contribution in [1.82, 2.24) is 21.3 Å². The van der Waals surface area contributed by atoms with E-state index in [-0.39, 0.29) is 75.6 Å². The second-order valence-electron chi connectivity index (χ2n) is 17.7. The van der Waals surface area contributed by atoms with E-state index in [9.17, 15) is 48.6 Å². The molecule has 378 valence electrons. The number of aliphatic imine (C=N–C) groups is 2. The number of ketones is 3. The summed E-state index contributed by atoms with van der Waals surface area (Å²) in [4.78, 5) is 117. The molecule has 6 atom stereocenters. The van der Waals surface area contributed by atoms with Crippen LogP contribution in [0.2, 0.25) is 0 Å². The molecule has 0 aromatic heterocycles. The van der Waals surface area contributed by atoms with E-state index in [4.69, 9.17) is 22.9 Å². The summed E-state index contributed by atoms with van der Waals surface area (Å²) in [7, 11) is 2.57. The van der Waals surface area contributed by atoms with Crippen LogP contribution in [-0.4, -0.2) is 123 Å². The van der Waals surface area contributed by atoms with Crippen LogP contribution in [0.3, 0.4) is 0 Å². The van der Waals surface area contributed by atoms with E-state index in [0.29, 0.717) is 23.4 Å². The van der Waals surface area contributed by atoms with Gasteiger partial charge in [0.05, 0.1) is 48.3 Å². The first-order valence-electron chi connectivity index (χ1n) is 22.8. The van der Waals surface area contributed by atoms with Gasteiger partial charge in [-0.15, -0.1) is 0 Å². The van der Waals surface area contributed by atoms with Gasteiger partial charge in [0.25, 0.3) is 0 Å². The fourth-order valence-electron chi connectivity index (χ4n) is 7.16. The summed E-state index contributed by atoms with van der Waals surface area (Å²) in [5, 5.41) is 30.6. The molecule has 1 fully saturated rings. The summed E-state index contributed by atoms with van der Waals surface area (Å²) in [6.45, 7) is 5.78. The van der Waals surface area contributed by atoms with E-state index < -0.39 is 113 Å². The van der Waals surface area contributed by atoms with Crippen molar-refractivity contribution >= 4 is 80.3 Å². The van der Waals surface area contributed by atoms with Gasteiger partial charge in [-0.2, -0.15) is 0 Å². The molecule has 69 heavy (non-hydrogen) atoms. The molecule has 2 aromatic rings. The zero-order chi connectivity index (χ0) is 51.1. The molecule has 0 aliphatic carbocycles. The number of aromatic hydroxyl groups is 1. The molecule has 4 amide bonds. The number of guanidine groups is 1. The molecule has 3 rings (SSSR count). The molecule has 2 aromatic carbocycles. The van der Waals surface area contributed by atoms with E-state index >= 15 is 0 Å². The second-order valence-corrected chi connectivity index (χ2v) is 20.7. The lowest BCUT2D eigenvalue weighted by atomic mass is 9.91. The third kappa shape index (κ3) is 22.3. The number of hydrogen-bond donors (Lipinski definition) is 10. The molecule has 1 aliphatic heterocycles. The van der Waals surface area contributed by atoms with Gasteiger partial charge < -0.3 is 54.4 Å². The van der Waals surface area contributed by atoms with Crippen molar-refractivity contribution in [2.75, 3.05) is 25.4 Å². The minimum atomic E-state index is -1.33. The lowest BCUT2D eigenvalue weighted by Crippen LogP contribution is -2.51. The highest BCUT2D eigenvalue weighted by Crippen LogP contribution is 2.37. The van der Waals surface area contributed by atoms with E-state index in [1.807, 2.05) is 13.8 Å². The zero-order valence-electron chi connectivity index (χ0n) is 39.4. The predicted molar refractivity (Wildman–Crippen MR) is 267 cm³/mol. The number of phenolic OH excluding ortho intramolecular Hbond substituents is 1. The average Bonchev–Trinajstić information content (AvgIpc) is 3.29. The number of nitrogens with two attached hydrogens (primary N) is 4. The average molecular weight is 997 g/mol. The van der Waals surface area contributed by atoms with Gasteiger partial charge in [0.2, 0.25) is 23.6 Å². The molecule has 0 saturated carbocycles. The molecule has 1 saturated heterocycles. The molecule has 0 spiro atoms. The maximum atomic E-state index is 14.4. The summed E-state index contributed by atoms with van der Waals surface area (Å²) < 4.78 is -0.681. The smallest absolute Gasteiger partial charge is 0.306 e. The number of carbonyl (C=O) groups is 8. The van der Waals surface area contributed by atoms with Crippen LogP contribution in [-0.2, 0) is 51.2 Å². The number of aliphatic carboxylic acids is 1. The second kappa shape index (κ2) is 29.1. The van der Waals surface area contributed by atoms with E-state index in [1.54, 1.807) is 49.4 Å². The molecule has 0 bridgehead atoms. The first-order chi connectivity index (χ1) is 32.6. The van der Waals surface area contributed by atoms with Crippen molar-refractivity contribution in [3.05, 3.63) is 65.7 Å². The van der Waals surface area contributed by atoms with Crippen LogP contribution < -0.4 is 44.2 Å². The molecule has 14 N–H and O–H groups in total. The monoisotopic (exact) mass is 996 g/mol. The van der Waals surface area contributed by atoms with Crippen LogP contribution >= 0.6 is 21.6 Å². The number of rotatable bonds is 20. The number of nitrogens with one attached hydrogen (secondary N) is 4. The molecule has 0 radical (unpaired) electrons. The Morgan fingerprint density at radius 1 is 0.870 bits per heavy atom. The molecule has 6 unspecified atom stereocenters. The summed E-state index contributed by atoms with van der Waals surface area (Å²) in [6.07, 6.45) is -1.13. The van der Waals surface area contributed by atoms with Crippen molar-refractivity contribution in [2.45, 2.75) is 120 Å². The highest BCUT2D eigenvalue weighted by atomic mass is 33.1. The molecular formula is C47H68N10O10S2. The molecule has 1 aliphatic rings. The molecule has 1 heterocycles. The normalized spacial score (nSPS) is 20.1. The van der Waals surface area contributed by atoms with Crippen LogP contribution in [0.25, 0.3) is 0 Å². The Kier molecular flexibility index (Phi) is 24.2. The van der Waals surface area contributed by atoms with Gasteiger partial charge >= 0.3 is 5.97 Å². The van der Waals surface area contributed by atoms with Crippen LogP contribution in [0.1, 0.15) is 89.7 Å². The maximum Gasteiger partial charge on any atom is 0.306 e. The predicted octanol–water partition coefficient (Wildman–Crippen LogP) is 1.43. The number of carbonyl (C=O) groups excluding carboxylic acids is 7. The van der Waals surface area contributed by atoms with Gasteiger partial charge in [-0.05, 0) is 82.6 Å². The summed E-state index contributed by atoms with van der Waals surface area (Å²) >= 11 is 0. The number of carboxylic acids is 1. The van der Waals surface area contributed by atoms with Gasteiger partial charge in [-0.25, -0.2) is 0 Å². The van der Waals surface area contributed by atoms with Gasteiger partial charge in [0.1, 0.15) is 5.75 Å². The van der Waals surface area contributed by atoms with Crippen LogP contribution in [0, 0.1) is 11.8 Å². The van der Waals surface area contributed by atoms with E-state index in [2.05, 4.69) is 31.3 Å². The Balaban J connectivity index is 1.91. The lowest BCUT2D eigenvalue weighted by molar-refractivity contribution is -0.144. The first kappa shape index (κ1) is 57.3.